The van der Waals surface area contributed by atoms with Crippen LogP contribution in [0.25, 0.3) is 22.2 Å². The summed E-state index contributed by atoms with van der Waals surface area (Å²) in [5, 5.41) is 3.69. The van der Waals surface area contributed by atoms with Crippen molar-refractivity contribution in [3.8, 4) is 17.0 Å². The van der Waals surface area contributed by atoms with E-state index in [0.717, 1.165) is 5.56 Å². The van der Waals surface area contributed by atoms with Gasteiger partial charge in [0.1, 0.15) is 5.75 Å². The van der Waals surface area contributed by atoms with Gasteiger partial charge in [-0.2, -0.15) is 4.31 Å². The second-order valence-electron chi connectivity index (χ2n) is 8.41. The number of fused-ring (bicyclic) bond motifs is 1. The number of amides is 1. The fourth-order valence-corrected chi connectivity index (χ4v) is 5.76. The smallest absolute Gasteiger partial charge is 0.256 e. The van der Waals surface area contributed by atoms with Gasteiger partial charge in [0, 0.05) is 24.0 Å². The topological polar surface area (TPSA) is 97.8 Å². The van der Waals surface area contributed by atoms with Crippen molar-refractivity contribution < 1.29 is 22.7 Å². The minimum Gasteiger partial charge on any atom is -0.497 e. The summed E-state index contributed by atoms with van der Waals surface area (Å²) >= 11 is 6.37. The zero-order valence-corrected chi connectivity index (χ0v) is 21.6. The molecule has 0 atom stereocenters. The molecule has 2 heterocycles. The van der Waals surface area contributed by atoms with E-state index < -0.39 is 15.9 Å². The molecule has 0 unspecified atom stereocenters. The third-order valence-electron chi connectivity index (χ3n) is 6.14. The van der Waals surface area contributed by atoms with Gasteiger partial charge in [-0.3, -0.25) is 4.79 Å². The number of anilines is 1. The number of hydrogen-bond acceptors (Lipinski definition) is 6. The molecule has 1 N–H and O–H groups in total. The second kappa shape index (κ2) is 10.5. The minimum atomic E-state index is -3.76. The molecule has 37 heavy (non-hydrogen) atoms. The molecule has 4 aromatic rings. The van der Waals surface area contributed by atoms with Crippen molar-refractivity contribution in [2.24, 2.45) is 0 Å². The highest BCUT2D eigenvalue weighted by Gasteiger charge is 2.27. The van der Waals surface area contributed by atoms with E-state index >= 15 is 0 Å². The van der Waals surface area contributed by atoms with E-state index in [2.05, 4.69) is 5.32 Å². The summed E-state index contributed by atoms with van der Waals surface area (Å²) in [7, 11) is -2.17. The third-order valence-corrected chi connectivity index (χ3v) is 8.36. The average Bonchev–Trinajstić information content (AvgIpc) is 2.94. The lowest BCUT2D eigenvalue weighted by atomic mass is 10.0. The Morgan fingerprint density at radius 2 is 1.76 bits per heavy atom. The maximum absolute atomic E-state index is 13.5. The number of methoxy groups -OCH3 is 1. The number of nitrogens with one attached hydrogen (secondary N) is 1. The number of aromatic nitrogens is 1. The summed E-state index contributed by atoms with van der Waals surface area (Å²) in [6.45, 7) is 1.21. The predicted octanol–water partition coefficient (Wildman–Crippen LogP) is 4.84. The quantitative estimate of drug-likeness (QED) is 0.378. The fraction of sp³-hybridized carbons (Fsp3) is 0.185. The van der Waals surface area contributed by atoms with Crippen molar-refractivity contribution in [3.63, 3.8) is 0 Å². The van der Waals surface area contributed by atoms with Crippen LogP contribution in [0.4, 0.5) is 5.69 Å². The van der Waals surface area contributed by atoms with Gasteiger partial charge in [0.25, 0.3) is 5.91 Å². The number of carbonyl (C=O) groups is 1. The number of ether oxygens (including phenoxy) is 2. The van der Waals surface area contributed by atoms with Crippen molar-refractivity contribution in [1.29, 1.82) is 0 Å². The fourth-order valence-electron chi connectivity index (χ4n) is 4.16. The molecule has 0 radical (unpaired) electrons. The molecule has 8 nitrogen and oxygen atoms in total. The van der Waals surface area contributed by atoms with Crippen molar-refractivity contribution in [2.45, 2.75) is 4.90 Å². The molecule has 5 rings (SSSR count). The first-order chi connectivity index (χ1) is 17.9. The lowest BCUT2D eigenvalue weighted by Crippen LogP contribution is -2.40. The van der Waals surface area contributed by atoms with E-state index in [9.17, 15) is 13.2 Å². The highest BCUT2D eigenvalue weighted by atomic mass is 35.5. The van der Waals surface area contributed by atoms with Crippen LogP contribution in [0, 0.1) is 0 Å². The van der Waals surface area contributed by atoms with Crippen LogP contribution >= 0.6 is 11.6 Å². The highest BCUT2D eigenvalue weighted by molar-refractivity contribution is 7.89. The number of rotatable bonds is 6. The number of hydrogen-bond donors (Lipinski definition) is 1. The molecule has 0 aliphatic carbocycles. The number of benzene rings is 3. The van der Waals surface area contributed by atoms with Crippen molar-refractivity contribution in [3.05, 3.63) is 83.4 Å². The number of morpholine rings is 1. The molecule has 190 valence electrons. The first-order valence-corrected chi connectivity index (χ1v) is 13.4. The van der Waals surface area contributed by atoms with E-state index in [1.165, 1.54) is 22.5 Å². The van der Waals surface area contributed by atoms with E-state index in [0.29, 0.717) is 41.1 Å². The van der Waals surface area contributed by atoms with Crippen LogP contribution in [0.3, 0.4) is 0 Å². The van der Waals surface area contributed by atoms with Crippen LogP contribution < -0.4 is 10.1 Å². The number of para-hydroxylation sites is 1. The Labute approximate surface area is 219 Å². The van der Waals surface area contributed by atoms with Gasteiger partial charge in [0.05, 0.1) is 52.7 Å². The van der Waals surface area contributed by atoms with Gasteiger partial charge in [-0.1, -0.05) is 29.8 Å². The summed E-state index contributed by atoms with van der Waals surface area (Å²) < 4.78 is 38.1. The zero-order valence-electron chi connectivity index (χ0n) is 20.0. The Bertz CT molecular complexity index is 1570. The molecule has 10 heteroatoms. The second-order valence-corrected chi connectivity index (χ2v) is 10.8. The Kier molecular flexibility index (Phi) is 7.12. The van der Waals surface area contributed by atoms with E-state index in [1.54, 1.807) is 13.2 Å². The largest absolute Gasteiger partial charge is 0.497 e. The van der Waals surface area contributed by atoms with Crippen LogP contribution in [0.15, 0.2) is 77.7 Å². The molecular weight excluding hydrogens is 514 g/mol. The van der Waals surface area contributed by atoms with Crippen LogP contribution in [0.2, 0.25) is 5.02 Å². The SMILES string of the molecule is COc1ccc(-c2cc(C(=O)Nc3cc(S(=O)(=O)N4CCOCC4)ccc3Cl)c3ccccc3n2)cc1. The molecule has 1 aliphatic heterocycles. The average molecular weight is 538 g/mol. The molecule has 0 spiro atoms. The van der Waals surface area contributed by atoms with Gasteiger partial charge >= 0.3 is 0 Å². The molecule has 1 saturated heterocycles. The minimum absolute atomic E-state index is 0.0487. The van der Waals surface area contributed by atoms with Gasteiger partial charge < -0.3 is 14.8 Å². The molecule has 1 amide bonds. The molecule has 1 aromatic heterocycles. The Balaban J connectivity index is 1.51. The molecule has 1 fully saturated rings. The maximum atomic E-state index is 13.5. The van der Waals surface area contributed by atoms with Crippen molar-refractivity contribution in [2.75, 3.05) is 38.7 Å². The summed E-state index contributed by atoms with van der Waals surface area (Å²) in [6.07, 6.45) is 0. The maximum Gasteiger partial charge on any atom is 0.256 e. The molecule has 3 aromatic carbocycles. The van der Waals surface area contributed by atoms with Gasteiger partial charge in [-0.05, 0) is 54.6 Å². The predicted molar refractivity (Wildman–Crippen MR) is 143 cm³/mol. The first-order valence-electron chi connectivity index (χ1n) is 11.6. The van der Waals surface area contributed by atoms with Crippen LogP contribution in [-0.2, 0) is 14.8 Å². The lowest BCUT2D eigenvalue weighted by molar-refractivity contribution is 0.0730. The van der Waals surface area contributed by atoms with Gasteiger partial charge in [-0.25, -0.2) is 13.4 Å². The summed E-state index contributed by atoms with van der Waals surface area (Å²) in [6, 6.07) is 20.7. The normalized spacial score (nSPS) is 14.4. The van der Waals surface area contributed by atoms with Gasteiger partial charge in [0.15, 0.2) is 0 Å². The molecule has 0 saturated carbocycles. The monoisotopic (exact) mass is 537 g/mol. The Morgan fingerprint density at radius 3 is 2.49 bits per heavy atom. The number of pyridine rings is 1. The number of nitrogens with zero attached hydrogens (tertiary/aromatic N) is 2. The van der Waals surface area contributed by atoms with Gasteiger partial charge in [-0.15, -0.1) is 0 Å². The number of halogens is 1. The summed E-state index contributed by atoms with van der Waals surface area (Å²) in [5.74, 6) is 0.278. The van der Waals surface area contributed by atoms with Crippen LogP contribution in [-0.4, -0.2) is 57.0 Å². The van der Waals surface area contributed by atoms with E-state index in [-0.39, 0.29) is 28.7 Å². The third kappa shape index (κ3) is 5.17. The van der Waals surface area contributed by atoms with Gasteiger partial charge in [0.2, 0.25) is 10.0 Å². The van der Waals surface area contributed by atoms with Crippen LogP contribution in [0.5, 0.6) is 5.75 Å². The van der Waals surface area contributed by atoms with Crippen molar-refractivity contribution in [1.82, 2.24) is 9.29 Å². The van der Waals surface area contributed by atoms with Crippen LogP contribution in [0.1, 0.15) is 10.4 Å². The standard InChI is InChI=1S/C27H24ClN3O5S/c1-35-19-8-6-18(7-9-19)25-17-22(21-4-2-3-5-24(21)29-25)27(32)30-26-16-20(10-11-23(26)28)37(33,34)31-12-14-36-15-13-31/h2-11,16-17H,12-15H2,1H3,(H,30,32). The Morgan fingerprint density at radius 1 is 1.03 bits per heavy atom. The summed E-state index contributed by atoms with van der Waals surface area (Å²) in [5.41, 5.74) is 2.66. The zero-order chi connectivity index (χ0) is 26.0. The molecular formula is C27H24ClN3O5S. The molecule has 1 aliphatic rings. The first kappa shape index (κ1) is 25.2. The summed E-state index contributed by atoms with van der Waals surface area (Å²) in [4.78, 5) is 18.3. The van der Waals surface area contributed by atoms with E-state index in [1.807, 2.05) is 48.5 Å². The lowest BCUT2D eigenvalue weighted by Gasteiger charge is -2.26. The highest BCUT2D eigenvalue weighted by Crippen LogP contribution is 2.30. The Hall–Kier alpha value is -3.50. The number of sulfonamides is 1. The molecule has 0 bridgehead atoms. The number of carbonyl (C=O) groups excluding carboxylic acids is 1. The van der Waals surface area contributed by atoms with E-state index in [4.69, 9.17) is 26.1 Å². The van der Waals surface area contributed by atoms with Crippen molar-refractivity contribution >= 4 is 44.1 Å².